The van der Waals surface area contributed by atoms with Gasteiger partial charge in [0.15, 0.2) is 5.96 Å². The zero-order valence-corrected chi connectivity index (χ0v) is 11.8. The van der Waals surface area contributed by atoms with Gasteiger partial charge in [-0.15, -0.1) is 0 Å². The summed E-state index contributed by atoms with van der Waals surface area (Å²) in [5, 5.41) is 3.59. The van der Waals surface area contributed by atoms with Gasteiger partial charge in [-0.25, -0.2) is 0 Å². The highest BCUT2D eigenvalue weighted by Crippen LogP contribution is 2.26. The molecule has 3 atom stereocenters. The van der Waals surface area contributed by atoms with Crippen LogP contribution in [0.1, 0.15) is 38.3 Å². The third-order valence-electron chi connectivity index (χ3n) is 4.31. The lowest BCUT2D eigenvalue weighted by Gasteiger charge is -2.36. The quantitative estimate of drug-likeness (QED) is 0.882. The van der Waals surface area contributed by atoms with E-state index < -0.39 is 0 Å². The van der Waals surface area contributed by atoms with Crippen molar-refractivity contribution in [1.29, 1.82) is 0 Å². The van der Waals surface area contributed by atoms with Crippen molar-refractivity contribution in [2.24, 2.45) is 10.9 Å². The Balaban J connectivity index is 1.67. The smallest absolute Gasteiger partial charge is 0.194 e. The van der Waals surface area contributed by atoms with Crippen molar-refractivity contribution in [1.82, 2.24) is 10.2 Å². The third kappa shape index (κ3) is 2.60. The van der Waals surface area contributed by atoms with E-state index >= 15 is 0 Å². The lowest BCUT2D eigenvalue weighted by molar-refractivity contribution is 0.210. The van der Waals surface area contributed by atoms with Gasteiger partial charge in [-0.2, -0.15) is 0 Å². The molecule has 0 spiro atoms. The summed E-state index contributed by atoms with van der Waals surface area (Å²) in [6.07, 6.45) is 2.63. The number of nitrogens with zero attached hydrogens (tertiary/aromatic N) is 2. The third-order valence-corrected chi connectivity index (χ3v) is 4.31. The summed E-state index contributed by atoms with van der Waals surface area (Å²) in [5.74, 6) is 1.89. The number of aliphatic imine (C=N–C) groups is 1. The Bertz CT molecular complexity index is 454. The first-order chi connectivity index (χ1) is 9.24. The van der Waals surface area contributed by atoms with Gasteiger partial charge in [0, 0.05) is 6.54 Å². The summed E-state index contributed by atoms with van der Waals surface area (Å²) < 4.78 is 0. The first-order valence-corrected chi connectivity index (χ1v) is 7.36. The Morgan fingerprint density at radius 3 is 2.84 bits per heavy atom. The molecule has 0 radical (unpaired) electrons. The van der Waals surface area contributed by atoms with Crippen LogP contribution in [0.5, 0.6) is 0 Å². The lowest BCUT2D eigenvalue weighted by atomic mass is 9.95. The van der Waals surface area contributed by atoms with E-state index in [1.54, 1.807) is 0 Å². The fourth-order valence-corrected chi connectivity index (χ4v) is 3.09. The van der Waals surface area contributed by atoms with Gasteiger partial charge < -0.3 is 10.2 Å². The maximum atomic E-state index is 4.71. The predicted molar refractivity (Wildman–Crippen MR) is 79.2 cm³/mol. The van der Waals surface area contributed by atoms with Crippen LogP contribution in [0.3, 0.4) is 0 Å². The van der Waals surface area contributed by atoms with E-state index in [0.717, 1.165) is 25.0 Å². The van der Waals surface area contributed by atoms with E-state index in [0.29, 0.717) is 12.1 Å². The fourth-order valence-electron chi connectivity index (χ4n) is 3.09. The van der Waals surface area contributed by atoms with Gasteiger partial charge in [0.05, 0.1) is 18.6 Å². The van der Waals surface area contributed by atoms with E-state index in [4.69, 9.17) is 4.99 Å². The maximum Gasteiger partial charge on any atom is 0.194 e. The zero-order valence-electron chi connectivity index (χ0n) is 11.8. The topological polar surface area (TPSA) is 27.6 Å². The fraction of sp³-hybridized carbons (Fsp3) is 0.562. The molecule has 0 aliphatic carbocycles. The molecule has 2 aliphatic rings. The molecule has 3 rings (SSSR count). The van der Waals surface area contributed by atoms with Gasteiger partial charge in [0.2, 0.25) is 0 Å². The number of fused-ring (bicyclic) bond motifs is 1. The number of hydrogen-bond acceptors (Lipinski definition) is 3. The van der Waals surface area contributed by atoms with Crippen molar-refractivity contribution >= 4 is 5.96 Å². The van der Waals surface area contributed by atoms with Crippen LogP contribution in [0.25, 0.3) is 0 Å². The molecule has 19 heavy (non-hydrogen) atoms. The Hall–Kier alpha value is -1.51. The number of piperidine rings is 1. The summed E-state index contributed by atoms with van der Waals surface area (Å²) in [7, 11) is 0. The SMILES string of the molecule is CC1CCC2CN=C(NC(C)c3ccccc3)N2C1. The second kappa shape index (κ2) is 5.24. The molecule has 1 saturated heterocycles. The average molecular weight is 257 g/mol. The van der Waals surface area contributed by atoms with Crippen LogP contribution in [0.2, 0.25) is 0 Å². The van der Waals surface area contributed by atoms with Crippen LogP contribution < -0.4 is 5.32 Å². The molecule has 0 bridgehead atoms. The molecule has 2 aliphatic heterocycles. The largest absolute Gasteiger partial charge is 0.350 e. The van der Waals surface area contributed by atoms with Gasteiger partial charge in [-0.1, -0.05) is 37.3 Å². The molecular weight excluding hydrogens is 234 g/mol. The van der Waals surface area contributed by atoms with Crippen molar-refractivity contribution < 1.29 is 0 Å². The minimum atomic E-state index is 0.316. The van der Waals surface area contributed by atoms with Crippen LogP contribution >= 0.6 is 0 Å². The lowest BCUT2D eigenvalue weighted by Crippen LogP contribution is -2.48. The molecule has 0 saturated carbocycles. The van der Waals surface area contributed by atoms with Crippen LogP contribution in [-0.4, -0.2) is 30.0 Å². The first kappa shape index (κ1) is 12.5. The van der Waals surface area contributed by atoms with E-state index in [9.17, 15) is 0 Å². The Morgan fingerprint density at radius 1 is 1.26 bits per heavy atom. The van der Waals surface area contributed by atoms with E-state index in [-0.39, 0.29) is 0 Å². The van der Waals surface area contributed by atoms with Gasteiger partial charge in [0.25, 0.3) is 0 Å². The van der Waals surface area contributed by atoms with Crippen molar-refractivity contribution in [2.45, 2.75) is 38.8 Å². The summed E-state index contributed by atoms with van der Waals surface area (Å²) in [4.78, 5) is 7.19. The Labute approximate surface area is 115 Å². The first-order valence-electron chi connectivity index (χ1n) is 7.36. The minimum Gasteiger partial charge on any atom is -0.350 e. The van der Waals surface area contributed by atoms with E-state index in [1.165, 1.54) is 18.4 Å². The Morgan fingerprint density at radius 2 is 2.05 bits per heavy atom. The number of rotatable bonds is 2. The van der Waals surface area contributed by atoms with E-state index in [2.05, 4.69) is 54.4 Å². The molecule has 1 aromatic carbocycles. The monoisotopic (exact) mass is 257 g/mol. The molecule has 102 valence electrons. The molecule has 1 aromatic rings. The number of guanidine groups is 1. The molecule has 1 N–H and O–H groups in total. The zero-order chi connectivity index (χ0) is 13.2. The molecule has 2 heterocycles. The molecule has 3 nitrogen and oxygen atoms in total. The molecule has 0 amide bonds. The van der Waals surface area contributed by atoms with Crippen LogP contribution in [0.4, 0.5) is 0 Å². The standard InChI is InChI=1S/C16H23N3/c1-12-8-9-15-10-17-16(19(15)11-12)18-13(2)14-6-4-3-5-7-14/h3-7,12-13,15H,8-11H2,1-2H3,(H,17,18). The minimum absolute atomic E-state index is 0.316. The van der Waals surface area contributed by atoms with Crippen LogP contribution in [0.15, 0.2) is 35.3 Å². The molecule has 3 unspecified atom stereocenters. The van der Waals surface area contributed by atoms with Gasteiger partial charge in [-0.3, -0.25) is 4.99 Å². The summed E-state index contributed by atoms with van der Waals surface area (Å²) in [6, 6.07) is 11.5. The highest BCUT2D eigenvalue weighted by Gasteiger charge is 2.33. The number of hydrogen-bond donors (Lipinski definition) is 1. The molecule has 0 aromatic heterocycles. The average Bonchev–Trinajstić information content (AvgIpc) is 2.82. The van der Waals surface area contributed by atoms with Crippen molar-refractivity contribution in [3.63, 3.8) is 0 Å². The second-order valence-electron chi connectivity index (χ2n) is 5.93. The predicted octanol–water partition coefficient (Wildman–Crippen LogP) is 2.81. The number of nitrogens with one attached hydrogen (secondary N) is 1. The number of benzene rings is 1. The summed E-state index contributed by atoms with van der Waals surface area (Å²) >= 11 is 0. The van der Waals surface area contributed by atoms with Crippen LogP contribution in [-0.2, 0) is 0 Å². The van der Waals surface area contributed by atoms with Crippen LogP contribution in [0, 0.1) is 5.92 Å². The molecule has 1 fully saturated rings. The van der Waals surface area contributed by atoms with Crippen molar-refractivity contribution in [2.75, 3.05) is 13.1 Å². The molecular formula is C16H23N3. The normalized spacial score (nSPS) is 27.7. The highest BCUT2D eigenvalue weighted by molar-refractivity contribution is 5.82. The molecule has 3 heteroatoms. The maximum absolute atomic E-state index is 4.71. The Kier molecular flexibility index (Phi) is 3.45. The highest BCUT2D eigenvalue weighted by atomic mass is 15.4. The van der Waals surface area contributed by atoms with Gasteiger partial charge in [0.1, 0.15) is 0 Å². The van der Waals surface area contributed by atoms with Crippen molar-refractivity contribution in [3.8, 4) is 0 Å². The van der Waals surface area contributed by atoms with Gasteiger partial charge in [-0.05, 0) is 31.2 Å². The second-order valence-corrected chi connectivity index (χ2v) is 5.93. The summed E-state index contributed by atoms with van der Waals surface area (Å²) in [5.41, 5.74) is 1.32. The summed E-state index contributed by atoms with van der Waals surface area (Å²) in [6.45, 7) is 6.67. The van der Waals surface area contributed by atoms with Gasteiger partial charge >= 0.3 is 0 Å². The van der Waals surface area contributed by atoms with Crippen molar-refractivity contribution in [3.05, 3.63) is 35.9 Å². The van der Waals surface area contributed by atoms with E-state index in [1.807, 2.05) is 0 Å².